The van der Waals surface area contributed by atoms with E-state index in [0.717, 1.165) is 0 Å². The van der Waals surface area contributed by atoms with Crippen LogP contribution in [0.15, 0.2) is 12.3 Å². The number of carbonyl (C=O) groups is 2. The first kappa shape index (κ1) is 25.9. The van der Waals surface area contributed by atoms with Crippen LogP contribution >= 0.6 is 0 Å². The Hall–Kier alpha value is -1.00. The molecule has 0 bridgehead atoms. The molecule has 0 heterocycles. The minimum absolute atomic E-state index is 0. The van der Waals surface area contributed by atoms with E-state index in [2.05, 4.69) is 31.9 Å². The first-order chi connectivity index (χ1) is 8.95. The van der Waals surface area contributed by atoms with Crippen LogP contribution in [0.3, 0.4) is 0 Å². The molecule has 0 spiro atoms. The van der Waals surface area contributed by atoms with Crippen molar-refractivity contribution in [1.29, 1.82) is 0 Å². The van der Waals surface area contributed by atoms with Gasteiger partial charge in [-0.2, -0.15) is 26.3 Å². The average molecular weight is 404 g/mol. The number of carboxylic acid groups (broad SMARTS) is 2. The van der Waals surface area contributed by atoms with Crippen molar-refractivity contribution in [2.75, 3.05) is 0 Å². The first-order valence-corrected chi connectivity index (χ1v) is 8.76. The van der Waals surface area contributed by atoms with Gasteiger partial charge in [0.1, 0.15) is 0 Å². The van der Waals surface area contributed by atoms with Crippen molar-refractivity contribution in [2.24, 2.45) is 0 Å². The molecule has 0 aromatic carbocycles. The zero-order valence-corrected chi connectivity index (χ0v) is 13.5. The van der Waals surface area contributed by atoms with Gasteiger partial charge in [-0.1, -0.05) is 19.6 Å². The molecule has 0 saturated heterocycles. The van der Waals surface area contributed by atoms with Crippen LogP contribution in [0.25, 0.3) is 0 Å². The van der Waals surface area contributed by atoms with Crippen molar-refractivity contribution < 1.29 is 63.2 Å². The van der Waals surface area contributed by atoms with E-state index in [9.17, 15) is 35.9 Å². The maximum atomic E-state index is 12.2. The third kappa shape index (κ3) is 6.01. The van der Waals surface area contributed by atoms with Crippen molar-refractivity contribution in [3.8, 4) is 0 Å². The van der Waals surface area contributed by atoms with Gasteiger partial charge in [-0.3, -0.25) is 0 Å². The second kappa shape index (κ2) is 8.02. The fourth-order valence-corrected chi connectivity index (χ4v) is 0.466. The quantitative estimate of drug-likeness (QED) is 0.546. The summed E-state index contributed by atoms with van der Waals surface area (Å²) in [6.07, 6.45) is 0. The van der Waals surface area contributed by atoms with E-state index in [1.54, 1.807) is 0 Å². The van der Waals surface area contributed by atoms with Gasteiger partial charge < -0.3 is 10.2 Å². The minimum atomic E-state index is -6.53. The molecular formula is C10H14CuF6O4Si. The summed E-state index contributed by atoms with van der Waals surface area (Å²) >= 11 is 0. The van der Waals surface area contributed by atoms with Gasteiger partial charge in [0.05, 0.1) is 8.07 Å². The number of carboxylic acids is 2. The molecule has 0 unspecified atom stereocenters. The minimum Gasteiger partial charge on any atom is -0.477 e. The Morgan fingerprint density at radius 1 is 0.909 bits per heavy atom. The van der Waals surface area contributed by atoms with Gasteiger partial charge in [-0.25, -0.2) is 9.59 Å². The fraction of sp³-hybridized carbons (Fsp3) is 0.600. The second-order valence-electron chi connectivity index (χ2n) is 4.90. The topological polar surface area (TPSA) is 74.6 Å². The fourth-order valence-electron chi connectivity index (χ4n) is 0.466. The van der Waals surface area contributed by atoms with E-state index in [-0.39, 0.29) is 17.1 Å². The van der Waals surface area contributed by atoms with E-state index >= 15 is 0 Å². The summed E-state index contributed by atoms with van der Waals surface area (Å²) < 4.78 is 72.8. The van der Waals surface area contributed by atoms with Gasteiger partial charge in [-0.15, -0.1) is 12.3 Å². The molecule has 1 radical (unpaired) electrons. The Morgan fingerprint density at radius 2 is 1.09 bits per heavy atom. The van der Waals surface area contributed by atoms with Gasteiger partial charge in [0.25, 0.3) is 0 Å². The van der Waals surface area contributed by atoms with Crippen LogP contribution in [0.1, 0.15) is 0 Å². The predicted molar refractivity (Wildman–Crippen MR) is 63.7 cm³/mol. The predicted octanol–water partition coefficient (Wildman–Crippen LogP) is 3.11. The van der Waals surface area contributed by atoms with Crippen LogP contribution < -0.4 is 0 Å². The molecule has 135 valence electrons. The van der Waals surface area contributed by atoms with E-state index in [1.807, 2.05) is 0 Å². The number of hydrogen-bond acceptors (Lipinski definition) is 2. The summed E-state index contributed by atoms with van der Waals surface area (Å²) in [7, 11) is -0.867. The van der Waals surface area contributed by atoms with Crippen LogP contribution in [-0.4, -0.2) is 48.0 Å². The summed E-state index contributed by atoms with van der Waals surface area (Å²) in [5.74, 6) is -26.0. The van der Waals surface area contributed by atoms with E-state index in [0.29, 0.717) is 0 Å². The third-order valence-electron chi connectivity index (χ3n) is 1.94. The molecule has 0 fully saturated rings. The standard InChI is InChI=1S/C5H2F6O4.C5H12Si.Cu/c6-3(7,1(12)13)5(10,11)4(8,9)2(14)15;1-5-6(2,3)4;/h(H,12,13)(H,14,15);5H,1H2,2-4H3;. The Morgan fingerprint density at radius 3 is 1.18 bits per heavy atom. The van der Waals surface area contributed by atoms with Crippen molar-refractivity contribution >= 4 is 20.0 Å². The van der Waals surface area contributed by atoms with E-state index in [4.69, 9.17) is 10.2 Å². The van der Waals surface area contributed by atoms with Crippen LogP contribution in [0, 0.1) is 0 Å². The number of hydrogen-bond donors (Lipinski definition) is 2. The summed E-state index contributed by atoms with van der Waals surface area (Å²) in [5.41, 5.74) is 2.08. The van der Waals surface area contributed by atoms with Crippen molar-refractivity contribution in [3.63, 3.8) is 0 Å². The monoisotopic (exact) mass is 403 g/mol. The Kier molecular flexibility index (Phi) is 9.45. The van der Waals surface area contributed by atoms with Crippen LogP contribution in [-0.2, 0) is 26.7 Å². The number of halogens is 6. The van der Waals surface area contributed by atoms with Crippen molar-refractivity contribution in [2.45, 2.75) is 37.4 Å². The molecule has 0 amide bonds. The maximum Gasteiger partial charge on any atom is 0.411 e. The van der Waals surface area contributed by atoms with Crippen LogP contribution in [0.5, 0.6) is 0 Å². The molecule has 4 nitrogen and oxygen atoms in total. The second-order valence-corrected chi connectivity index (χ2v) is 10.0. The molecule has 22 heavy (non-hydrogen) atoms. The SMILES string of the molecule is C=C[Si](C)(C)C.O=C(O)C(F)(F)C(F)(F)C(F)(F)C(=O)O.[Cu]. The van der Waals surface area contributed by atoms with Gasteiger partial charge in [0.2, 0.25) is 0 Å². The molecule has 0 atom stereocenters. The summed E-state index contributed by atoms with van der Waals surface area (Å²) in [6.45, 7) is 10.5. The van der Waals surface area contributed by atoms with Gasteiger partial charge in [0.15, 0.2) is 0 Å². The number of alkyl halides is 6. The van der Waals surface area contributed by atoms with E-state index in [1.165, 1.54) is 0 Å². The normalized spacial score (nSPS) is 12.4. The molecule has 0 aromatic heterocycles. The third-order valence-corrected chi connectivity index (χ3v) is 3.16. The maximum absolute atomic E-state index is 12.2. The molecule has 0 rings (SSSR count). The first-order valence-electron chi connectivity index (χ1n) is 5.19. The summed E-state index contributed by atoms with van der Waals surface area (Å²) in [5, 5.41) is 15.1. The van der Waals surface area contributed by atoms with Crippen molar-refractivity contribution in [1.82, 2.24) is 0 Å². The summed E-state index contributed by atoms with van der Waals surface area (Å²) in [4.78, 5) is 19.2. The molecule has 0 aromatic rings. The average Bonchev–Trinajstić information content (AvgIpc) is 2.27. The Balaban J connectivity index is -0.000000439. The van der Waals surface area contributed by atoms with Gasteiger partial charge in [-0.05, 0) is 0 Å². The summed E-state index contributed by atoms with van der Waals surface area (Å²) in [6, 6.07) is 0. The van der Waals surface area contributed by atoms with Gasteiger partial charge >= 0.3 is 29.7 Å². The number of aliphatic carboxylic acids is 2. The molecular weight excluding hydrogens is 390 g/mol. The number of rotatable bonds is 5. The molecule has 0 aliphatic heterocycles. The molecule has 0 aliphatic rings. The van der Waals surface area contributed by atoms with Gasteiger partial charge in [0, 0.05) is 17.1 Å². The van der Waals surface area contributed by atoms with Crippen LogP contribution in [0.4, 0.5) is 26.3 Å². The van der Waals surface area contributed by atoms with Crippen molar-refractivity contribution in [3.05, 3.63) is 12.3 Å². The largest absolute Gasteiger partial charge is 0.477 e. The zero-order valence-electron chi connectivity index (χ0n) is 11.6. The molecule has 12 heteroatoms. The van der Waals surface area contributed by atoms with E-state index < -0.39 is 37.8 Å². The Bertz CT molecular complexity index is 394. The Labute approximate surface area is 133 Å². The molecule has 0 aliphatic carbocycles. The molecule has 2 N–H and O–H groups in total. The van der Waals surface area contributed by atoms with Crippen LogP contribution in [0.2, 0.25) is 19.6 Å². The zero-order chi connectivity index (χ0) is 17.9. The molecule has 0 saturated carbocycles. The smallest absolute Gasteiger partial charge is 0.411 e.